The van der Waals surface area contributed by atoms with E-state index in [0.717, 1.165) is 55.4 Å². The molecule has 6 nitrogen and oxygen atoms in total. The van der Waals surface area contributed by atoms with Crippen molar-refractivity contribution in [1.29, 1.82) is 0 Å². The van der Waals surface area contributed by atoms with Crippen molar-refractivity contribution in [1.82, 2.24) is 19.8 Å². The van der Waals surface area contributed by atoms with Crippen LogP contribution in [0.5, 0.6) is 0 Å². The fourth-order valence-electron chi connectivity index (χ4n) is 3.88. The molecule has 1 N–H and O–H groups in total. The van der Waals surface area contributed by atoms with Gasteiger partial charge < -0.3 is 15.1 Å². The number of hydrogen-bond donors (Lipinski definition) is 1. The number of benzene rings is 1. The van der Waals surface area contributed by atoms with E-state index < -0.39 is 0 Å². The average Bonchev–Trinajstić information content (AvgIpc) is 3.17. The Morgan fingerprint density at radius 2 is 2.00 bits per heavy atom. The summed E-state index contributed by atoms with van der Waals surface area (Å²) in [6, 6.07) is 9.50. The van der Waals surface area contributed by atoms with Crippen molar-refractivity contribution in [3.8, 4) is 0 Å². The maximum Gasteiger partial charge on any atom is 0.253 e. The third kappa shape index (κ3) is 3.17. The molecule has 0 saturated carbocycles. The summed E-state index contributed by atoms with van der Waals surface area (Å²) in [5, 5.41) is 3.24. The third-order valence-electron chi connectivity index (χ3n) is 5.37. The number of carbonyl (C=O) groups is 1. The third-order valence-corrected chi connectivity index (χ3v) is 5.37. The Kier molecular flexibility index (Phi) is 4.59. The van der Waals surface area contributed by atoms with Crippen molar-refractivity contribution in [2.45, 2.75) is 25.3 Å². The summed E-state index contributed by atoms with van der Waals surface area (Å²) < 4.78 is 0. The van der Waals surface area contributed by atoms with Crippen LogP contribution in [0.1, 0.15) is 39.8 Å². The SMILES string of the molecule is CNc1nc([C@@H]2CCN(C(=O)c3ccccc3)C2)nc2c1CN(C)CC2. The second kappa shape index (κ2) is 7.03. The first-order valence-corrected chi connectivity index (χ1v) is 9.26. The van der Waals surface area contributed by atoms with Crippen LogP contribution in [0.2, 0.25) is 0 Å². The van der Waals surface area contributed by atoms with Crippen molar-refractivity contribution in [3.05, 3.63) is 53.0 Å². The summed E-state index contributed by atoms with van der Waals surface area (Å²) in [7, 11) is 4.04. The van der Waals surface area contributed by atoms with E-state index in [4.69, 9.17) is 9.97 Å². The molecule has 1 atom stereocenters. The minimum atomic E-state index is 0.0986. The summed E-state index contributed by atoms with van der Waals surface area (Å²) in [5.74, 6) is 2.12. The zero-order chi connectivity index (χ0) is 18.1. The molecule has 6 heteroatoms. The van der Waals surface area contributed by atoms with Gasteiger partial charge in [0.15, 0.2) is 0 Å². The van der Waals surface area contributed by atoms with Gasteiger partial charge in [-0.05, 0) is 25.6 Å². The number of fused-ring (bicyclic) bond motifs is 1. The number of rotatable bonds is 3. The monoisotopic (exact) mass is 351 g/mol. The van der Waals surface area contributed by atoms with Crippen LogP contribution in [0.25, 0.3) is 0 Å². The predicted molar refractivity (Wildman–Crippen MR) is 101 cm³/mol. The highest BCUT2D eigenvalue weighted by atomic mass is 16.2. The first-order chi connectivity index (χ1) is 12.7. The minimum absolute atomic E-state index is 0.0986. The van der Waals surface area contributed by atoms with E-state index in [0.29, 0.717) is 6.54 Å². The van der Waals surface area contributed by atoms with Crippen LogP contribution in [0, 0.1) is 0 Å². The molecule has 1 aromatic carbocycles. The molecule has 26 heavy (non-hydrogen) atoms. The van der Waals surface area contributed by atoms with E-state index in [2.05, 4.69) is 17.3 Å². The smallest absolute Gasteiger partial charge is 0.253 e. The van der Waals surface area contributed by atoms with Crippen molar-refractivity contribution in [3.63, 3.8) is 0 Å². The number of nitrogens with zero attached hydrogens (tertiary/aromatic N) is 4. The predicted octanol–water partition coefficient (Wildman–Crippen LogP) is 2.14. The van der Waals surface area contributed by atoms with Crippen LogP contribution < -0.4 is 5.32 Å². The lowest BCUT2D eigenvalue weighted by molar-refractivity contribution is 0.0790. The molecule has 2 aliphatic heterocycles. The Morgan fingerprint density at radius 3 is 2.77 bits per heavy atom. The van der Waals surface area contributed by atoms with Crippen LogP contribution >= 0.6 is 0 Å². The number of anilines is 1. The second-order valence-corrected chi connectivity index (χ2v) is 7.20. The van der Waals surface area contributed by atoms with E-state index in [1.165, 1.54) is 5.56 Å². The van der Waals surface area contributed by atoms with Crippen molar-refractivity contribution in [2.75, 3.05) is 39.0 Å². The maximum absolute atomic E-state index is 12.7. The molecule has 3 heterocycles. The van der Waals surface area contributed by atoms with Gasteiger partial charge in [-0.15, -0.1) is 0 Å². The van der Waals surface area contributed by atoms with Crippen LogP contribution in [-0.4, -0.2) is 59.4 Å². The highest BCUT2D eigenvalue weighted by molar-refractivity contribution is 5.94. The van der Waals surface area contributed by atoms with Gasteiger partial charge in [0, 0.05) is 56.7 Å². The molecule has 2 aromatic rings. The molecule has 0 radical (unpaired) electrons. The molecule has 0 unspecified atom stereocenters. The van der Waals surface area contributed by atoms with Crippen molar-refractivity contribution in [2.24, 2.45) is 0 Å². The van der Waals surface area contributed by atoms with Gasteiger partial charge in [0.25, 0.3) is 5.91 Å². The molecule has 2 aliphatic rings. The Bertz CT molecular complexity index is 790. The molecule has 0 spiro atoms. The molecule has 1 amide bonds. The highest BCUT2D eigenvalue weighted by Gasteiger charge is 2.31. The van der Waals surface area contributed by atoms with Crippen LogP contribution in [0.15, 0.2) is 30.3 Å². The number of hydrogen-bond acceptors (Lipinski definition) is 5. The van der Waals surface area contributed by atoms with E-state index in [1.54, 1.807) is 0 Å². The number of aromatic nitrogens is 2. The Hall–Kier alpha value is -2.47. The van der Waals surface area contributed by atoms with Gasteiger partial charge >= 0.3 is 0 Å². The zero-order valence-electron chi connectivity index (χ0n) is 15.4. The normalized spacial score (nSPS) is 20.1. The Morgan fingerprint density at radius 1 is 1.19 bits per heavy atom. The Labute approximate surface area is 154 Å². The second-order valence-electron chi connectivity index (χ2n) is 7.20. The minimum Gasteiger partial charge on any atom is -0.373 e. The molecule has 0 aliphatic carbocycles. The van der Waals surface area contributed by atoms with Gasteiger partial charge in [0.2, 0.25) is 0 Å². The molecule has 1 fully saturated rings. The molecule has 136 valence electrons. The number of nitrogens with one attached hydrogen (secondary N) is 1. The summed E-state index contributed by atoms with van der Waals surface area (Å²) in [6.45, 7) is 3.36. The van der Waals surface area contributed by atoms with Gasteiger partial charge in [-0.3, -0.25) is 4.79 Å². The molecular weight excluding hydrogens is 326 g/mol. The largest absolute Gasteiger partial charge is 0.373 e. The van der Waals surface area contributed by atoms with E-state index in [9.17, 15) is 4.79 Å². The van der Waals surface area contributed by atoms with E-state index >= 15 is 0 Å². The first-order valence-electron chi connectivity index (χ1n) is 9.26. The van der Waals surface area contributed by atoms with Crippen molar-refractivity contribution >= 4 is 11.7 Å². The fraction of sp³-hybridized carbons (Fsp3) is 0.450. The molecule has 4 rings (SSSR count). The molecule has 0 bridgehead atoms. The number of carbonyl (C=O) groups excluding carboxylic acids is 1. The quantitative estimate of drug-likeness (QED) is 0.918. The summed E-state index contributed by atoms with van der Waals surface area (Å²) in [4.78, 5) is 26.6. The zero-order valence-corrected chi connectivity index (χ0v) is 15.4. The summed E-state index contributed by atoms with van der Waals surface area (Å²) in [5.41, 5.74) is 3.11. The number of likely N-dealkylation sites (N-methyl/N-ethyl adjacent to an activating group) is 1. The van der Waals surface area contributed by atoms with Gasteiger partial charge in [0.1, 0.15) is 11.6 Å². The summed E-state index contributed by atoms with van der Waals surface area (Å²) in [6.07, 6.45) is 1.87. The lowest BCUT2D eigenvalue weighted by Crippen LogP contribution is -2.30. The topological polar surface area (TPSA) is 61.4 Å². The summed E-state index contributed by atoms with van der Waals surface area (Å²) >= 11 is 0. The molecular formula is C20H25N5O. The van der Waals surface area contributed by atoms with Crippen LogP contribution in [0.4, 0.5) is 5.82 Å². The van der Waals surface area contributed by atoms with Crippen molar-refractivity contribution < 1.29 is 4.79 Å². The number of likely N-dealkylation sites (tertiary alicyclic amines) is 1. The van der Waals surface area contributed by atoms with Gasteiger partial charge in [-0.1, -0.05) is 18.2 Å². The average molecular weight is 351 g/mol. The van der Waals surface area contributed by atoms with Gasteiger partial charge in [-0.2, -0.15) is 0 Å². The fourth-order valence-corrected chi connectivity index (χ4v) is 3.88. The van der Waals surface area contributed by atoms with Crippen LogP contribution in [-0.2, 0) is 13.0 Å². The Balaban J connectivity index is 1.55. The number of amides is 1. The molecule has 1 aromatic heterocycles. The van der Waals surface area contributed by atoms with Gasteiger partial charge in [-0.25, -0.2) is 9.97 Å². The van der Waals surface area contributed by atoms with E-state index in [-0.39, 0.29) is 11.8 Å². The lowest BCUT2D eigenvalue weighted by Gasteiger charge is -2.26. The van der Waals surface area contributed by atoms with Gasteiger partial charge in [0.05, 0.1) is 5.69 Å². The van der Waals surface area contributed by atoms with Crippen LogP contribution in [0.3, 0.4) is 0 Å². The lowest BCUT2D eigenvalue weighted by atomic mass is 10.0. The highest BCUT2D eigenvalue weighted by Crippen LogP contribution is 2.30. The maximum atomic E-state index is 12.7. The first kappa shape index (κ1) is 17.0. The molecule has 1 saturated heterocycles. The standard InChI is InChI=1S/C20H25N5O/c1-21-19-16-13-24(2)10-9-17(16)22-18(23-19)15-8-11-25(12-15)20(26)14-6-4-3-5-7-14/h3-7,15H,8-13H2,1-2H3,(H,21,22,23)/t15-/m1/s1. The van der Waals surface area contributed by atoms with E-state index in [1.807, 2.05) is 42.3 Å².